The summed E-state index contributed by atoms with van der Waals surface area (Å²) in [6, 6.07) is 0. The van der Waals surface area contributed by atoms with Crippen molar-refractivity contribution in [2.45, 2.75) is 38.2 Å². The van der Waals surface area contributed by atoms with E-state index in [2.05, 4.69) is 24.2 Å². The van der Waals surface area contributed by atoms with Gasteiger partial charge in [0.2, 0.25) is 0 Å². The molecule has 0 spiro atoms. The van der Waals surface area contributed by atoms with Crippen LogP contribution in [0.2, 0.25) is 0 Å². The van der Waals surface area contributed by atoms with Gasteiger partial charge < -0.3 is 10.5 Å². The van der Waals surface area contributed by atoms with Gasteiger partial charge in [-0.2, -0.15) is 0 Å². The van der Waals surface area contributed by atoms with Crippen LogP contribution < -0.4 is 5.73 Å². The quantitative estimate of drug-likeness (QED) is 0.777. The lowest BCUT2D eigenvalue weighted by Crippen LogP contribution is -2.33. The van der Waals surface area contributed by atoms with Gasteiger partial charge in [-0.3, -0.25) is 0 Å². The van der Waals surface area contributed by atoms with E-state index >= 15 is 0 Å². The van der Waals surface area contributed by atoms with Crippen molar-refractivity contribution in [3.63, 3.8) is 0 Å². The average Bonchev–Trinajstić information content (AvgIpc) is 2.50. The fraction of sp³-hybridized carbons (Fsp3) is 0.700. The molecule has 78 valence electrons. The lowest BCUT2D eigenvalue weighted by atomic mass is 9.87. The molecule has 0 saturated carbocycles. The zero-order chi connectivity index (χ0) is 10.2. The standard InChI is InChI=1S/C10H16N2OS/c1-10(2)5-7(3-4-13-10)8-6-14-9(11)12-8/h6-7H,3-5H2,1-2H3,(H2,11,12)/t7-/m1/s1. The van der Waals surface area contributed by atoms with Crippen molar-refractivity contribution in [3.8, 4) is 0 Å². The molecule has 2 heterocycles. The summed E-state index contributed by atoms with van der Waals surface area (Å²) in [4.78, 5) is 4.34. The maximum atomic E-state index is 5.67. The van der Waals surface area contributed by atoms with E-state index in [0.29, 0.717) is 11.0 Å². The summed E-state index contributed by atoms with van der Waals surface area (Å²) in [6.45, 7) is 5.10. The molecule has 0 amide bonds. The van der Waals surface area contributed by atoms with Crippen LogP contribution in [-0.4, -0.2) is 17.2 Å². The normalized spacial score (nSPS) is 26.3. The van der Waals surface area contributed by atoms with Gasteiger partial charge in [-0.25, -0.2) is 4.98 Å². The number of thiazole rings is 1. The van der Waals surface area contributed by atoms with E-state index in [1.165, 1.54) is 11.3 Å². The Kier molecular flexibility index (Phi) is 2.49. The minimum Gasteiger partial charge on any atom is -0.376 e. The monoisotopic (exact) mass is 212 g/mol. The zero-order valence-corrected chi connectivity index (χ0v) is 9.43. The van der Waals surface area contributed by atoms with E-state index in [-0.39, 0.29) is 5.60 Å². The molecule has 1 fully saturated rings. The van der Waals surface area contributed by atoms with Crippen molar-refractivity contribution in [1.82, 2.24) is 4.98 Å². The first-order valence-electron chi connectivity index (χ1n) is 4.92. The molecule has 0 bridgehead atoms. The Hall–Kier alpha value is -0.610. The third kappa shape index (κ3) is 2.07. The van der Waals surface area contributed by atoms with Crippen molar-refractivity contribution in [2.24, 2.45) is 0 Å². The fourth-order valence-electron chi connectivity index (χ4n) is 1.97. The number of rotatable bonds is 1. The van der Waals surface area contributed by atoms with Crippen molar-refractivity contribution in [2.75, 3.05) is 12.3 Å². The van der Waals surface area contributed by atoms with Gasteiger partial charge in [-0.1, -0.05) is 0 Å². The van der Waals surface area contributed by atoms with Gasteiger partial charge in [0.05, 0.1) is 11.3 Å². The van der Waals surface area contributed by atoms with Gasteiger partial charge in [0.15, 0.2) is 5.13 Å². The van der Waals surface area contributed by atoms with Crippen LogP contribution in [0.5, 0.6) is 0 Å². The highest BCUT2D eigenvalue weighted by molar-refractivity contribution is 7.13. The Balaban J connectivity index is 2.12. The smallest absolute Gasteiger partial charge is 0.180 e. The summed E-state index contributed by atoms with van der Waals surface area (Å²) in [5.74, 6) is 0.521. The predicted molar refractivity (Wildman–Crippen MR) is 58.5 cm³/mol. The van der Waals surface area contributed by atoms with Crippen molar-refractivity contribution in [1.29, 1.82) is 0 Å². The molecule has 1 atom stereocenters. The van der Waals surface area contributed by atoms with E-state index in [9.17, 15) is 0 Å². The number of anilines is 1. The topological polar surface area (TPSA) is 48.1 Å². The molecule has 0 radical (unpaired) electrons. The highest BCUT2D eigenvalue weighted by Gasteiger charge is 2.30. The number of hydrogen-bond donors (Lipinski definition) is 1. The van der Waals surface area contributed by atoms with Crippen LogP contribution in [0, 0.1) is 0 Å². The number of nitrogens with two attached hydrogens (primary N) is 1. The fourth-order valence-corrected chi connectivity index (χ4v) is 2.62. The minimum absolute atomic E-state index is 0.0126. The van der Waals surface area contributed by atoms with Crippen LogP contribution >= 0.6 is 11.3 Å². The van der Waals surface area contributed by atoms with Crippen LogP contribution in [0.25, 0.3) is 0 Å². The van der Waals surface area contributed by atoms with Crippen LogP contribution in [-0.2, 0) is 4.74 Å². The molecule has 1 aromatic heterocycles. The third-order valence-electron chi connectivity index (χ3n) is 2.66. The van der Waals surface area contributed by atoms with E-state index in [4.69, 9.17) is 10.5 Å². The third-order valence-corrected chi connectivity index (χ3v) is 3.35. The number of hydrogen-bond acceptors (Lipinski definition) is 4. The van der Waals surface area contributed by atoms with E-state index in [1.54, 1.807) is 0 Å². The van der Waals surface area contributed by atoms with Gasteiger partial charge in [0, 0.05) is 17.9 Å². The highest BCUT2D eigenvalue weighted by Crippen LogP contribution is 2.36. The SMILES string of the molecule is CC1(C)C[C@H](c2csc(N)n2)CCO1. The predicted octanol–water partition coefficient (Wildman–Crippen LogP) is 2.40. The maximum absolute atomic E-state index is 5.67. The average molecular weight is 212 g/mol. The Bertz CT molecular complexity index is 322. The highest BCUT2D eigenvalue weighted by atomic mass is 32.1. The summed E-state index contributed by atoms with van der Waals surface area (Å²) in [7, 11) is 0. The van der Waals surface area contributed by atoms with Crippen molar-refractivity contribution >= 4 is 16.5 Å². The number of nitrogen functional groups attached to an aromatic ring is 1. The molecule has 0 unspecified atom stereocenters. The molecule has 0 aromatic carbocycles. The lowest BCUT2D eigenvalue weighted by Gasteiger charge is -2.34. The molecular formula is C10H16N2OS. The molecule has 2 N–H and O–H groups in total. The zero-order valence-electron chi connectivity index (χ0n) is 8.62. The molecule has 1 saturated heterocycles. The minimum atomic E-state index is -0.0126. The van der Waals surface area contributed by atoms with Crippen molar-refractivity contribution < 1.29 is 4.74 Å². The van der Waals surface area contributed by atoms with Crippen molar-refractivity contribution in [3.05, 3.63) is 11.1 Å². The first kappa shape index (κ1) is 9.93. The molecule has 3 nitrogen and oxygen atoms in total. The Morgan fingerprint density at radius 1 is 1.64 bits per heavy atom. The summed E-state index contributed by atoms with van der Waals surface area (Å²) in [5, 5.41) is 2.74. The molecular weight excluding hydrogens is 196 g/mol. The molecule has 1 aliphatic heterocycles. The second-order valence-corrected chi connectivity index (χ2v) is 5.30. The Morgan fingerprint density at radius 3 is 3.00 bits per heavy atom. The largest absolute Gasteiger partial charge is 0.376 e. The summed E-state index contributed by atoms with van der Waals surface area (Å²) in [5.41, 5.74) is 6.76. The number of ether oxygens (including phenoxy) is 1. The first-order chi connectivity index (χ1) is 6.57. The molecule has 14 heavy (non-hydrogen) atoms. The molecule has 1 aromatic rings. The molecule has 2 rings (SSSR count). The maximum Gasteiger partial charge on any atom is 0.180 e. The summed E-state index contributed by atoms with van der Waals surface area (Å²) < 4.78 is 5.67. The second-order valence-electron chi connectivity index (χ2n) is 4.41. The van der Waals surface area contributed by atoms with Crippen LogP contribution in [0.3, 0.4) is 0 Å². The van der Waals surface area contributed by atoms with E-state index in [0.717, 1.165) is 25.1 Å². The van der Waals surface area contributed by atoms with E-state index in [1.807, 2.05) is 0 Å². The molecule has 0 aliphatic carbocycles. The Labute approximate surface area is 88.3 Å². The van der Waals surface area contributed by atoms with E-state index < -0.39 is 0 Å². The van der Waals surface area contributed by atoms with Gasteiger partial charge in [0.1, 0.15) is 0 Å². The number of aromatic nitrogens is 1. The van der Waals surface area contributed by atoms with Gasteiger partial charge in [-0.05, 0) is 26.7 Å². The summed E-state index contributed by atoms with van der Waals surface area (Å²) >= 11 is 1.52. The molecule has 4 heteroatoms. The van der Waals surface area contributed by atoms with Gasteiger partial charge in [0.25, 0.3) is 0 Å². The van der Waals surface area contributed by atoms with Crippen LogP contribution in [0.15, 0.2) is 5.38 Å². The molecule has 1 aliphatic rings. The van der Waals surface area contributed by atoms with Crippen LogP contribution in [0.4, 0.5) is 5.13 Å². The number of nitrogens with zero attached hydrogens (tertiary/aromatic N) is 1. The first-order valence-corrected chi connectivity index (χ1v) is 5.80. The van der Waals surface area contributed by atoms with Gasteiger partial charge >= 0.3 is 0 Å². The summed E-state index contributed by atoms with van der Waals surface area (Å²) in [6.07, 6.45) is 2.10. The van der Waals surface area contributed by atoms with Crippen LogP contribution in [0.1, 0.15) is 38.3 Å². The lowest BCUT2D eigenvalue weighted by molar-refractivity contribution is -0.0597. The Morgan fingerprint density at radius 2 is 2.43 bits per heavy atom. The second kappa shape index (κ2) is 3.51. The van der Waals surface area contributed by atoms with Gasteiger partial charge in [-0.15, -0.1) is 11.3 Å².